The highest BCUT2D eigenvalue weighted by Gasteiger charge is 2.24. The maximum absolute atomic E-state index is 12.9. The SMILES string of the molecule is CCCCn1nc(C(=O)N2CCN(c3cc(C)nc(C(C)C)n3)CC2)ccc1=O. The van der Waals surface area contributed by atoms with Gasteiger partial charge in [0.15, 0.2) is 0 Å². The second-order valence-corrected chi connectivity index (χ2v) is 7.79. The third-order valence-electron chi connectivity index (χ3n) is 5.07. The van der Waals surface area contributed by atoms with Crippen LogP contribution in [0.3, 0.4) is 0 Å². The first-order valence-electron chi connectivity index (χ1n) is 10.4. The van der Waals surface area contributed by atoms with Gasteiger partial charge >= 0.3 is 0 Å². The zero-order valence-corrected chi connectivity index (χ0v) is 17.8. The molecule has 8 nitrogen and oxygen atoms in total. The number of amides is 1. The van der Waals surface area contributed by atoms with E-state index in [1.165, 1.54) is 16.8 Å². The van der Waals surface area contributed by atoms with E-state index in [0.29, 0.717) is 38.4 Å². The summed E-state index contributed by atoms with van der Waals surface area (Å²) in [5, 5.41) is 4.28. The summed E-state index contributed by atoms with van der Waals surface area (Å²) in [5.41, 5.74) is 1.12. The van der Waals surface area contributed by atoms with E-state index in [1.807, 2.05) is 13.0 Å². The van der Waals surface area contributed by atoms with Crippen molar-refractivity contribution in [2.24, 2.45) is 0 Å². The molecule has 1 saturated heterocycles. The van der Waals surface area contributed by atoms with Gasteiger partial charge in [-0.2, -0.15) is 5.10 Å². The Morgan fingerprint density at radius 1 is 1.14 bits per heavy atom. The van der Waals surface area contributed by atoms with E-state index in [1.54, 1.807) is 4.90 Å². The van der Waals surface area contributed by atoms with Crippen LogP contribution in [0.15, 0.2) is 23.0 Å². The molecule has 3 heterocycles. The van der Waals surface area contributed by atoms with E-state index in [4.69, 9.17) is 4.98 Å². The highest BCUT2D eigenvalue weighted by atomic mass is 16.2. The number of rotatable bonds is 6. The smallest absolute Gasteiger partial charge is 0.274 e. The predicted octanol–water partition coefficient (Wildman–Crippen LogP) is 2.23. The van der Waals surface area contributed by atoms with Crippen molar-refractivity contribution >= 4 is 11.7 Å². The summed E-state index contributed by atoms with van der Waals surface area (Å²) >= 11 is 0. The predicted molar refractivity (Wildman–Crippen MR) is 112 cm³/mol. The first-order valence-corrected chi connectivity index (χ1v) is 10.4. The average molecular weight is 399 g/mol. The zero-order chi connectivity index (χ0) is 21.0. The van der Waals surface area contributed by atoms with Crippen LogP contribution in [0.4, 0.5) is 5.82 Å². The summed E-state index contributed by atoms with van der Waals surface area (Å²) in [4.78, 5) is 38.0. The van der Waals surface area contributed by atoms with Crippen LogP contribution in [0.2, 0.25) is 0 Å². The Kier molecular flexibility index (Phi) is 6.61. The van der Waals surface area contributed by atoms with Crippen molar-refractivity contribution in [1.29, 1.82) is 0 Å². The van der Waals surface area contributed by atoms with Crippen molar-refractivity contribution in [3.05, 3.63) is 45.8 Å². The van der Waals surface area contributed by atoms with Crippen LogP contribution in [0, 0.1) is 6.92 Å². The summed E-state index contributed by atoms with van der Waals surface area (Å²) in [6.07, 6.45) is 1.83. The number of aryl methyl sites for hydroxylation is 2. The van der Waals surface area contributed by atoms with Crippen LogP contribution in [0.25, 0.3) is 0 Å². The highest BCUT2D eigenvalue weighted by molar-refractivity contribution is 5.92. The van der Waals surface area contributed by atoms with E-state index in [-0.39, 0.29) is 17.4 Å². The number of aromatic nitrogens is 4. The van der Waals surface area contributed by atoms with Gasteiger partial charge in [0.05, 0.1) is 0 Å². The largest absolute Gasteiger partial charge is 0.353 e. The van der Waals surface area contributed by atoms with Gasteiger partial charge in [0, 0.05) is 56.5 Å². The van der Waals surface area contributed by atoms with Crippen molar-refractivity contribution in [3.8, 4) is 0 Å². The van der Waals surface area contributed by atoms with Crippen LogP contribution in [-0.4, -0.2) is 56.7 Å². The molecule has 0 saturated carbocycles. The molecular weight excluding hydrogens is 368 g/mol. The first-order chi connectivity index (χ1) is 13.9. The van der Waals surface area contributed by atoms with Gasteiger partial charge in [-0.25, -0.2) is 14.6 Å². The van der Waals surface area contributed by atoms with Crippen molar-refractivity contribution in [2.45, 2.75) is 53.0 Å². The van der Waals surface area contributed by atoms with Gasteiger partial charge in [-0.3, -0.25) is 9.59 Å². The first kappa shape index (κ1) is 21.0. The number of piperazine rings is 1. The average Bonchev–Trinajstić information content (AvgIpc) is 2.72. The Bertz CT molecular complexity index is 916. The fourth-order valence-electron chi connectivity index (χ4n) is 3.33. The lowest BCUT2D eigenvalue weighted by molar-refractivity contribution is 0.0737. The van der Waals surface area contributed by atoms with Gasteiger partial charge in [-0.1, -0.05) is 27.2 Å². The molecule has 0 aliphatic carbocycles. The molecule has 0 N–H and O–H groups in total. The number of unbranched alkanes of at least 4 members (excludes halogenated alkanes) is 1. The maximum atomic E-state index is 12.9. The Hall–Kier alpha value is -2.77. The minimum Gasteiger partial charge on any atom is -0.353 e. The molecule has 8 heteroatoms. The van der Waals surface area contributed by atoms with Gasteiger partial charge in [-0.05, 0) is 19.4 Å². The minimum absolute atomic E-state index is 0.128. The zero-order valence-electron chi connectivity index (χ0n) is 17.8. The molecule has 0 unspecified atom stereocenters. The summed E-state index contributed by atoms with van der Waals surface area (Å²) in [6, 6.07) is 4.96. The molecule has 0 aromatic carbocycles. The van der Waals surface area contributed by atoms with Gasteiger partial charge in [-0.15, -0.1) is 0 Å². The third-order valence-corrected chi connectivity index (χ3v) is 5.07. The lowest BCUT2D eigenvalue weighted by Crippen LogP contribution is -2.49. The van der Waals surface area contributed by atoms with Crippen molar-refractivity contribution in [1.82, 2.24) is 24.6 Å². The minimum atomic E-state index is -0.167. The topological polar surface area (TPSA) is 84.2 Å². The normalized spacial score (nSPS) is 14.5. The number of nitrogens with zero attached hydrogens (tertiary/aromatic N) is 6. The summed E-state index contributed by atoms with van der Waals surface area (Å²) in [6.45, 7) is 11.3. The molecule has 1 aliphatic heterocycles. The van der Waals surface area contributed by atoms with Gasteiger partial charge in [0.1, 0.15) is 17.3 Å². The second kappa shape index (κ2) is 9.15. The highest BCUT2D eigenvalue weighted by Crippen LogP contribution is 2.19. The van der Waals surface area contributed by atoms with Crippen LogP contribution in [0.1, 0.15) is 61.5 Å². The quantitative estimate of drug-likeness (QED) is 0.742. The molecule has 1 fully saturated rings. The van der Waals surface area contributed by atoms with Gasteiger partial charge < -0.3 is 9.80 Å². The number of carbonyl (C=O) groups excluding carboxylic acids is 1. The summed E-state index contributed by atoms with van der Waals surface area (Å²) in [5.74, 6) is 1.90. The summed E-state index contributed by atoms with van der Waals surface area (Å²) in [7, 11) is 0. The molecule has 1 amide bonds. The number of anilines is 1. The van der Waals surface area contributed by atoms with E-state index in [9.17, 15) is 9.59 Å². The molecular formula is C21H30N6O2. The molecule has 0 spiro atoms. The van der Waals surface area contributed by atoms with E-state index in [0.717, 1.165) is 30.2 Å². The van der Waals surface area contributed by atoms with Crippen molar-refractivity contribution in [2.75, 3.05) is 31.1 Å². The summed E-state index contributed by atoms with van der Waals surface area (Å²) < 4.78 is 1.39. The van der Waals surface area contributed by atoms with E-state index in [2.05, 4.69) is 35.8 Å². The molecule has 3 rings (SSSR count). The Morgan fingerprint density at radius 3 is 2.52 bits per heavy atom. The van der Waals surface area contributed by atoms with Crippen LogP contribution in [0.5, 0.6) is 0 Å². The molecule has 2 aromatic heterocycles. The number of hydrogen-bond acceptors (Lipinski definition) is 6. The standard InChI is InChI=1S/C21H30N6O2/c1-5-6-9-27-19(28)8-7-17(24-27)21(29)26-12-10-25(11-13-26)18-14-16(4)22-20(23-18)15(2)3/h7-8,14-15H,5-6,9-13H2,1-4H3. The number of hydrogen-bond donors (Lipinski definition) is 0. The van der Waals surface area contributed by atoms with E-state index >= 15 is 0 Å². The van der Waals surface area contributed by atoms with Crippen molar-refractivity contribution in [3.63, 3.8) is 0 Å². The molecule has 0 bridgehead atoms. The molecule has 0 atom stereocenters. The molecule has 2 aromatic rings. The fraction of sp³-hybridized carbons (Fsp3) is 0.571. The van der Waals surface area contributed by atoms with E-state index < -0.39 is 0 Å². The monoisotopic (exact) mass is 398 g/mol. The molecule has 156 valence electrons. The maximum Gasteiger partial charge on any atom is 0.274 e. The van der Waals surface area contributed by atoms with Crippen LogP contribution < -0.4 is 10.5 Å². The van der Waals surface area contributed by atoms with Crippen molar-refractivity contribution < 1.29 is 4.79 Å². The van der Waals surface area contributed by atoms with Crippen LogP contribution >= 0.6 is 0 Å². The Labute approximate surface area is 171 Å². The number of carbonyl (C=O) groups is 1. The van der Waals surface area contributed by atoms with Gasteiger partial charge in [0.2, 0.25) is 0 Å². The third kappa shape index (κ3) is 4.99. The lowest BCUT2D eigenvalue weighted by Gasteiger charge is -2.35. The van der Waals surface area contributed by atoms with Crippen LogP contribution in [-0.2, 0) is 6.54 Å². The molecule has 0 radical (unpaired) electrons. The Morgan fingerprint density at radius 2 is 1.86 bits per heavy atom. The molecule has 1 aliphatic rings. The molecule has 29 heavy (non-hydrogen) atoms. The lowest BCUT2D eigenvalue weighted by atomic mass is 10.2. The van der Waals surface area contributed by atoms with Gasteiger partial charge in [0.25, 0.3) is 11.5 Å². The second-order valence-electron chi connectivity index (χ2n) is 7.79. The fourth-order valence-corrected chi connectivity index (χ4v) is 3.33. The Balaban J connectivity index is 1.68.